The van der Waals surface area contributed by atoms with E-state index in [1.54, 1.807) is 51.3 Å². The fourth-order valence-electron chi connectivity index (χ4n) is 5.74. The van der Waals surface area contributed by atoms with Crippen LogP contribution in [0.2, 0.25) is 0 Å². The highest BCUT2D eigenvalue weighted by molar-refractivity contribution is 7.07. The highest BCUT2D eigenvalue weighted by atomic mass is 32.1. The van der Waals surface area contributed by atoms with Gasteiger partial charge in [0.15, 0.2) is 16.3 Å². The number of thiazole rings is 1. The second-order valence-electron chi connectivity index (χ2n) is 11.3. The maximum absolute atomic E-state index is 14.3. The van der Waals surface area contributed by atoms with Crippen LogP contribution in [0.4, 0.5) is 0 Å². The van der Waals surface area contributed by atoms with Gasteiger partial charge >= 0.3 is 11.9 Å². The van der Waals surface area contributed by atoms with Crippen LogP contribution in [0.1, 0.15) is 52.5 Å². The Balaban J connectivity index is 1.42. The molecular formula is C40H36N2O8S. The average Bonchev–Trinajstić information content (AvgIpc) is 3.47. The predicted octanol–water partition coefficient (Wildman–Crippen LogP) is 5.71. The van der Waals surface area contributed by atoms with Crippen LogP contribution in [0.25, 0.3) is 11.8 Å². The van der Waals surface area contributed by atoms with Crippen molar-refractivity contribution < 1.29 is 33.3 Å². The molecule has 0 N–H and O–H groups in total. The number of carbonyl (C=O) groups excluding carboxylic acids is 2. The number of rotatable bonds is 12. The van der Waals surface area contributed by atoms with E-state index in [0.29, 0.717) is 55.6 Å². The second-order valence-corrected chi connectivity index (χ2v) is 12.3. The summed E-state index contributed by atoms with van der Waals surface area (Å²) in [4.78, 5) is 45.5. The molecule has 260 valence electrons. The van der Waals surface area contributed by atoms with Crippen LogP contribution in [0.15, 0.2) is 112 Å². The molecule has 2 heterocycles. The molecule has 0 saturated carbocycles. The molecular weight excluding hydrogens is 669 g/mol. The number of hydrogen-bond donors (Lipinski definition) is 0. The number of aromatic nitrogens is 1. The number of methoxy groups -OCH3 is 2. The number of esters is 2. The third-order valence-electron chi connectivity index (χ3n) is 8.12. The minimum Gasteiger partial charge on any atom is -0.493 e. The highest BCUT2D eigenvalue weighted by Crippen LogP contribution is 2.38. The summed E-state index contributed by atoms with van der Waals surface area (Å²) in [5.74, 6) is 0.617. The first-order valence-corrected chi connectivity index (χ1v) is 17.2. The van der Waals surface area contributed by atoms with Gasteiger partial charge < -0.3 is 23.7 Å². The van der Waals surface area contributed by atoms with Gasteiger partial charge in [0.2, 0.25) is 0 Å². The number of benzene rings is 4. The number of fused-ring (bicyclic) bond motifs is 1. The summed E-state index contributed by atoms with van der Waals surface area (Å²) in [6.45, 7) is 4.23. The van der Waals surface area contributed by atoms with E-state index in [2.05, 4.69) is 0 Å². The van der Waals surface area contributed by atoms with Gasteiger partial charge in [-0.15, -0.1) is 0 Å². The minimum absolute atomic E-state index is 0.144. The standard InChI is InChI=1S/C40H36N2O8S/c1-5-48-38(44)28-17-15-25(16-18-28)24-50-30-14-10-11-26(21-30)22-33-37(43)42-36(29-19-20-31(46-3)32(23-29)47-4)34(39(45)49-6-2)35(41-40(42)51-33)27-12-8-7-9-13-27/h7-23,36H,5-6,24H2,1-4H3/b33-22-/t36-/m1/s1. The number of ether oxygens (including phenoxy) is 5. The summed E-state index contributed by atoms with van der Waals surface area (Å²) in [6, 6.07) is 28.3. The van der Waals surface area contributed by atoms with Gasteiger partial charge in [0.1, 0.15) is 12.4 Å². The fraction of sp³-hybridized carbons (Fsp3) is 0.200. The van der Waals surface area contributed by atoms with Crippen LogP contribution in [0.5, 0.6) is 17.2 Å². The van der Waals surface area contributed by atoms with E-state index in [1.807, 2.05) is 72.8 Å². The molecule has 51 heavy (non-hydrogen) atoms. The molecule has 0 unspecified atom stereocenters. The Morgan fingerprint density at radius 1 is 0.824 bits per heavy atom. The molecule has 0 fully saturated rings. The van der Waals surface area contributed by atoms with E-state index >= 15 is 0 Å². The van der Waals surface area contributed by atoms with E-state index in [9.17, 15) is 14.4 Å². The molecule has 1 aromatic heterocycles. The molecule has 0 radical (unpaired) electrons. The third kappa shape index (κ3) is 7.48. The summed E-state index contributed by atoms with van der Waals surface area (Å²) < 4.78 is 29.7. The van der Waals surface area contributed by atoms with Crippen molar-refractivity contribution in [1.29, 1.82) is 0 Å². The first kappa shape index (κ1) is 34.9. The molecule has 0 amide bonds. The van der Waals surface area contributed by atoms with E-state index in [0.717, 1.165) is 11.1 Å². The molecule has 0 bridgehead atoms. The summed E-state index contributed by atoms with van der Waals surface area (Å²) >= 11 is 1.23. The van der Waals surface area contributed by atoms with Crippen LogP contribution in [0.3, 0.4) is 0 Å². The van der Waals surface area contributed by atoms with Gasteiger partial charge in [0.05, 0.1) is 54.8 Å². The van der Waals surface area contributed by atoms with Crippen molar-refractivity contribution in [1.82, 2.24) is 4.57 Å². The Morgan fingerprint density at radius 2 is 1.55 bits per heavy atom. The number of hydrogen-bond acceptors (Lipinski definition) is 10. The van der Waals surface area contributed by atoms with Crippen molar-refractivity contribution in [3.8, 4) is 17.2 Å². The lowest BCUT2D eigenvalue weighted by atomic mass is 9.93. The van der Waals surface area contributed by atoms with Crippen LogP contribution >= 0.6 is 11.3 Å². The van der Waals surface area contributed by atoms with Crippen molar-refractivity contribution in [2.45, 2.75) is 26.5 Å². The zero-order valence-corrected chi connectivity index (χ0v) is 29.4. The molecule has 0 saturated heterocycles. The largest absolute Gasteiger partial charge is 0.493 e. The first-order chi connectivity index (χ1) is 24.8. The smallest absolute Gasteiger partial charge is 0.338 e. The minimum atomic E-state index is -0.873. The van der Waals surface area contributed by atoms with Gasteiger partial charge in [0.25, 0.3) is 5.56 Å². The third-order valence-corrected chi connectivity index (χ3v) is 9.11. The molecule has 0 spiro atoms. The van der Waals surface area contributed by atoms with Crippen molar-refractivity contribution in [3.05, 3.63) is 150 Å². The topological polar surface area (TPSA) is 115 Å². The zero-order valence-electron chi connectivity index (χ0n) is 28.6. The Morgan fingerprint density at radius 3 is 2.25 bits per heavy atom. The van der Waals surface area contributed by atoms with Crippen molar-refractivity contribution in [2.24, 2.45) is 4.99 Å². The van der Waals surface area contributed by atoms with E-state index in [-0.39, 0.29) is 30.3 Å². The van der Waals surface area contributed by atoms with E-state index in [4.69, 9.17) is 28.7 Å². The quantitative estimate of drug-likeness (QED) is 0.152. The van der Waals surface area contributed by atoms with Crippen molar-refractivity contribution in [2.75, 3.05) is 27.4 Å². The SMILES string of the molecule is CCOC(=O)C1=C(c2ccccc2)N=c2s/c(=C\c3cccc(OCc4ccc(C(=O)OCC)cc4)c3)c(=O)n2[C@@H]1c1ccc(OC)c(OC)c1. The number of nitrogens with zero attached hydrogens (tertiary/aromatic N) is 2. The fourth-order valence-corrected chi connectivity index (χ4v) is 6.74. The lowest BCUT2D eigenvalue weighted by molar-refractivity contribution is -0.138. The highest BCUT2D eigenvalue weighted by Gasteiger charge is 2.35. The van der Waals surface area contributed by atoms with Crippen LogP contribution in [-0.4, -0.2) is 43.9 Å². The molecule has 10 nitrogen and oxygen atoms in total. The van der Waals surface area contributed by atoms with Crippen molar-refractivity contribution >= 4 is 35.0 Å². The molecule has 0 aliphatic carbocycles. The molecule has 4 aromatic carbocycles. The number of carbonyl (C=O) groups is 2. The maximum Gasteiger partial charge on any atom is 0.338 e. The van der Waals surface area contributed by atoms with Gasteiger partial charge in [-0.1, -0.05) is 72.0 Å². The van der Waals surface area contributed by atoms with E-state index in [1.165, 1.54) is 23.0 Å². The Bertz CT molecular complexity index is 2270. The van der Waals surface area contributed by atoms with Gasteiger partial charge in [-0.05, 0) is 73.0 Å². The molecule has 1 atom stereocenters. The average molecular weight is 705 g/mol. The lowest BCUT2D eigenvalue weighted by Crippen LogP contribution is -2.40. The summed E-state index contributed by atoms with van der Waals surface area (Å²) in [6.07, 6.45) is 1.78. The predicted molar refractivity (Wildman–Crippen MR) is 194 cm³/mol. The van der Waals surface area contributed by atoms with Gasteiger partial charge in [0, 0.05) is 5.56 Å². The first-order valence-electron chi connectivity index (χ1n) is 16.3. The summed E-state index contributed by atoms with van der Waals surface area (Å²) in [5, 5.41) is 0. The van der Waals surface area contributed by atoms with Crippen LogP contribution in [0, 0.1) is 0 Å². The van der Waals surface area contributed by atoms with Crippen molar-refractivity contribution in [3.63, 3.8) is 0 Å². The van der Waals surface area contributed by atoms with Crippen LogP contribution in [-0.2, 0) is 20.9 Å². The van der Waals surface area contributed by atoms with Crippen LogP contribution < -0.4 is 29.1 Å². The second kappa shape index (κ2) is 15.7. The maximum atomic E-state index is 14.3. The molecule has 11 heteroatoms. The van der Waals surface area contributed by atoms with Gasteiger partial charge in [-0.25, -0.2) is 14.6 Å². The Labute approximate surface area is 298 Å². The molecule has 6 rings (SSSR count). The molecule has 1 aliphatic heterocycles. The molecule has 5 aromatic rings. The molecule has 1 aliphatic rings. The van der Waals surface area contributed by atoms with Gasteiger partial charge in [-0.3, -0.25) is 9.36 Å². The summed E-state index contributed by atoms with van der Waals surface area (Å²) in [7, 11) is 3.08. The zero-order chi connectivity index (χ0) is 35.9. The monoisotopic (exact) mass is 704 g/mol. The Kier molecular flexibility index (Phi) is 10.8. The summed E-state index contributed by atoms with van der Waals surface area (Å²) in [5.41, 5.74) is 3.77. The Hall–Kier alpha value is -5.94. The lowest BCUT2D eigenvalue weighted by Gasteiger charge is -2.26. The normalized spacial score (nSPS) is 14.0. The van der Waals surface area contributed by atoms with E-state index < -0.39 is 12.0 Å². The van der Waals surface area contributed by atoms with Gasteiger partial charge in [-0.2, -0.15) is 0 Å².